The molecule has 3 rings (SSSR count). The molecule has 5 nitrogen and oxygen atoms in total. The van der Waals surface area contributed by atoms with Crippen LogP contribution in [-0.2, 0) is 4.79 Å². The van der Waals surface area contributed by atoms with Crippen molar-refractivity contribution in [3.8, 4) is 0 Å². The van der Waals surface area contributed by atoms with Crippen molar-refractivity contribution in [1.82, 2.24) is 10.3 Å². The number of benzene rings is 1. The molecule has 0 radical (unpaired) electrons. The summed E-state index contributed by atoms with van der Waals surface area (Å²) in [5.41, 5.74) is 9.12. The van der Waals surface area contributed by atoms with Gasteiger partial charge in [-0.15, -0.1) is 0 Å². The number of halogens is 1. The zero-order valence-electron chi connectivity index (χ0n) is 14.9. The predicted octanol–water partition coefficient (Wildman–Crippen LogP) is 3.26. The van der Waals surface area contributed by atoms with Crippen molar-refractivity contribution < 1.29 is 4.79 Å². The van der Waals surface area contributed by atoms with Crippen molar-refractivity contribution in [2.75, 3.05) is 18.0 Å². The first kappa shape index (κ1) is 18.0. The number of nitrogens with two attached hydrogens (primary N) is 1. The Morgan fingerprint density at radius 1 is 1.44 bits per heavy atom. The molecule has 1 amide bonds. The van der Waals surface area contributed by atoms with Gasteiger partial charge in [0.25, 0.3) is 0 Å². The molecule has 1 fully saturated rings. The number of carbonyl (C=O) groups is 1. The number of aromatic nitrogens is 1. The molecular formula is C19H25ClN4O. The van der Waals surface area contributed by atoms with Gasteiger partial charge in [-0.2, -0.15) is 0 Å². The highest BCUT2D eigenvalue weighted by Crippen LogP contribution is 2.38. The average Bonchev–Trinajstić information content (AvgIpc) is 3.02. The first-order chi connectivity index (χ1) is 11.9. The standard InChI is InChI=1S/C19H25ClN4O/c1-11(2)19(25)23-13-6-8-24(10-13)18-15(12(3)21)9-16(20)14-5-4-7-22-17(14)18/h4-5,7,9,11-13H,6,8,10,21H2,1-3H3,(H,23,25)/t12?,13-/m0/s1. The highest BCUT2D eigenvalue weighted by molar-refractivity contribution is 6.36. The second-order valence-electron chi connectivity index (χ2n) is 7.08. The van der Waals surface area contributed by atoms with E-state index >= 15 is 0 Å². The maximum absolute atomic E-state index is 12.0. The number of nitrogens with zero attached hydrogens (tertiary/aromatic N) is 2. The number of anilines is 1. The van der Waals surface area contributed by atoms with Crippen molar-refractivity contribution in [2.24, 2.45) is 11.7 Å². The van der Waals surface area contributed by atoms with E-state index in [4.69, 9.17) is 17.3 Å². The molecule has 2 atom stereocenters. The van der Waals surface area contributed by atoms with E-state index in [9.17, 15) is 4.79 Å². The van der Waals surface area contributed by atoms with E-state index in [0.717, 1.165) is 41.7 Å². The lowest BCUT2D eigenvalue weighted by molar-refractivity contribution is -0.124. The Labute approximate surface area is 153 Å². The number of carbonyl (C=O) groups excluding carboxylic acids is 1. The fourth-order valence-corrected chi connectivity index (χ4v) is 3.60. The summed E-state index contributed by atoms with van der Waals surface area (Å²) >= 11 is 6.45. The fourth-order valence-electron chi connectivity index (χ4n) is 3.33. The first-order valence-electron chi connectivity index (χ1n) is 8.76. The highest BCUT2D eigenvalue weighted by Gasteiger charge is 2.28. The van der Waals surface area contributed by atoms with Crippen molar-refractivity contribution in [3.63, 3.8) is 0 Å². The molecule has 1 aromatic heterocycles. The molecule has 1 aliphatic heterocycles. The summed E-state index contributed by atoms with van der Waals surface area (Å²) in [7, 11) is 0. The van der Waals surface area contributed by atoms with E-state index in [1.807, 2.05) is 39.0 Å². The van der Waals surface area contributed by atoms with Crippen LogP contribution in [0.1, 0.15) is 38.8 Å². The van der Waals surface area contributed by atoms with E-state index in [1.54, 1.807) is 6.20 Å². The summed E-state index contributed by atoms with van der Waals surface area (Å²) in [4.78, 5) is 18.8. The minimum Gasteiger partial charge on any atom is -0.367 e. The normalized spacial score (nSPS) is 18.8. The highest BCUT2D eigenvalue weighted by atomic mass is 35.5. The van der Waals surface area contributed by atoms with E-state index in [1.165, 1.54) is 0 Å². The molecule has 3 N–H and O–H groups in total. The van der Waals surface area contributed by atoms with Crippen LogP contribution in [0.3, 0.4) is 0 Å². The lowest BCUT2D eigenvalue weighted by Gasteiger charge is -2.26. The number of fused-ring (bicyclic) bond motifs is 1. The smallest absolute Gasteiger partial charge is 0.222 e. The summed E-state index contributed by atoms with van der Waals surface area (Å²) < 4.78 is 0. The Morgan fingerprint density at radius 2 is 2.20 bits per heavy atom. The maximum atomic E-state index is 12.0. The molecule has 0 saturated carbocycles. The lowest BCUT2D eigenvalue weighted by atomic mass is 10.0. The van der Waals surface area contributed by atoms with E-state index in [0.29, 0.717) is 5.02 Å². The van der Waals surface area contributed by atoms with Crippen LogP contribution < -0.4 is 16.0 Å². The molecule has 1 aromatic carbocycles. The Morgan fingerprint density at radius 3 is 2.88 bits per heavy atom. The Bertz CT molecular complexity index is 790. The summed E-state index contributed by atoms with van der Waals surface area (Å²) in [6, 6.07) is 5.81. The summed E-state index contributed by atoms with van der Waals surface area (Å²) in [6.07, 6.45) is 2.69. The molecule has 25 heavy (non-hydrogen) atoms. The van der Waals surface area contributed by atoms with Gasteiger partial charge in [0.05, 0.1) is 16.2 Å². The van der Waals surface area contributed by atoms with Crippen LogP contribution in [-0.4, -0.2) is 30.0 Å². The predicted molar refractivity (Wildman–Crippen MR) is 103 cm³/mol. The zero-order chi connectivity index (χ0) is 18.1. The topological polar surface area (TPSA) is 71.2 Å². The second kappa shape index (κ2) is 7.18. The number of hydrogen-bond acceptors (Lipinski definition) is 4. The number of pyridine rings is 1. The third-order valence-electron chi connectivity index (χ3n) is 4.71. The molecule has 0 aliphatic carbocycles. The summed E-state index contributed by atoms with van der Waals surface area (Å²) in [5.74, 6) is 0.0880. The largest absolute Gasteiger partial charge is 0.367 e. The Balaban J connectivity index is 1.97. The lowest BCUT2D eigenvalue weighted by Crippen LogP contribution is -2.39. The maximum Gasteiger partial charge on any atom is 0.222 e. The van der Waals surface area contributed by atoms with Gasteiger partial charge in [0.1, 0.15) is 0 Å². The summed E-state index contributed by atoms with van der Waals surface area (Å²) in [5, 5.41) is 4.73. The zero-order valence-corrected chi connectivity index (χ0v) is 15.7. The van der Waals surface area contributed by atoms with Crippen LogP contribution in [0.15, 0.2) is 24.4 Å². The van der Waals surface area contributed by atoms with Crippen LogP contribution in [0, 0.1) is 5.92 Å². The van der Waals surface area contributed by atoms with Gasteiger partial charge in [-0.05, 0) is 37.1 Å². The minimum atomic E-state index is -0.150. The number of rotatable bonds is 4. The van der Waals surface area contributed by atoms with Gasteiger partial charge in [-0.25, -0.2) is 0 Å². The second-order valence-corrected chi connectivity index (χ2v) is 7.49. The number of amides is 1. The average molecular weight is 361 g/mol. The van der Waals surface area contributed by atoms with Crippen molar-refractivity contribution in [3.05, 3.63) is 35.0 Å². The molecule has 2 heterocycles. The Hall–Kier alpha value is -1.85. The van der Waals surface area contributed by atoms with Gasteiger partial charge < -0.3 is 16.0 Å². The van der Waals surface area contributed by atoms with Crippen LogP contribution >= 0.6 is 11.6 Å². The van der Waals surface area contributed by atoms with Crippen LogP contribution in [0.4, 0.5) is 5.69 Å². The van der Waals surface area contributed by atoms with Crippen LogP contribution in [0.5, 0.6) is 0 Å². The molecule has 1 saturated heterocycles. The first-order valence-corrected chi connectivity index (χ1v) is 9.14. The molecular weight excluding hydrogens is 336 g/mol. The Kier molecular flexibility index (Phi) is 5.16. The molecule has 0 spiro atoms. The number of nitrogens with one attached hydrogen (secondary N) is 1. The third kappa shape index (κ3) is 3.58. The fraction of sp³-hybridized carbons (Fsp3) is 0.474. The molecule has 1 aliphatic rings. The van der Waals surface area contributed by atoms with Gasteiger partial charge in [0.2, 0.25) is 5.91 Å². The van der Waals surface area contributed by atoms with Crippen LogP contribution in [0.2, 0.25) is 5.02 Å². The third-order valence-corrected chi connectivity index (χ3v) is 5.02. The van der Waals surface area contributed by atoms with Crippen molar-refractivity contribution in [2.45, 2.75) is 39.3 Å². The molecule has 6 heteroatoms. The molecule has 134 valence electrons. The van der Waals surface area contributed by atoms with Gasteiger partial charge in [-0.3, -0.25) is 9.78 Å². The molecule has 1 unspecified atom stereocenters. The SMILES string of the molecule is CC(C)C(=O)N[C@H]1CCN(c2c(C(C)N)cc(Cl)c3cccnc23)C1. The van der Waals surface area contributed by atoms with E-state index < -0.39 is 0 Å². The molecule has 2 aromatic rings. The number of hydrogen-bond donors (Lipinski definition) is 2. The van der Waals surface area contributed by atoms with Crippen molar-refractivity contribution >= 4 is 34.1 Å². The monoisotopic (exact) mass is 360 g/mol. The van der Waals surface area contributed by atoms with Gasteiger partial charge in [0, 0.05) is 42.7 Å². The van der Waals surface area contributed by atoms with Crippen molar-refractivity contribution in [1.29, 1.82) is 0 Å². The molecule has 0 bridgehead atoms. The van der Waals surface area contributed by atoms with Crippen LogP contribution in [0.25, 0.3) is 10.9 Å². The summed E-state index contributed by atoms with van der Waals surface area (Å²) in [6.45, 7) is 7.39. The van der Waals surface area contributed by atoms with Gasteiger partial charge >= 0.3 is 0 Å². The quantitative estimate of drug-likeness (QED) is 0.877. The van der Waals surface area contributed by atoms with Gasteiger partial charge in [-0.1, -0.05) is 25.4 Å². The van der Waals surface area contributed by atoms with Gasteiger partial charge in [0.15, 0.2) is 0 Å². The minimum absolute atomic E-state index is 0.00768. The van der Waals surface area contributed by atoms with E-state index in [-0.39, 0.29) is 23.9 Å². The van der Waals surface area contributed by atoms with E-state index in [2.05, 4.69) is 15.2 Å².